The van der Waals surface area contributed by atoms with Crippen molar-refractivity contribution in [2.45, 2.75) is 0 Å². The summed E-state index contributed by atoms with van der Waals surface area (Å²) in [4.78, 5) is 17.5. The Morgan fingerprint density at radius 1 is 1.00 bits per heavy atom. The maximum absolute atomic E-state index is 12.8. The zero-order chi connectivity index (χ0) is 19.7. The summed E-state index contributed by atoms with van der Waals surface area (Å²) in [5.41, 5.74) is 2.55. The number of hydrogen-bond donors (Lipinski definition) is 0. The van der Waals surface area contributed by atoms with Crippen LogP contribution >= 0.6 is 0 Å². The summed E-state index contributed by atoms with van der Waals surface area (Å²) in [5, 5.41) is 0. The average molecular weight is 380 g/mol. The number of rotatable bonds is 4. The number of methoxy groups -OCH3 is 2. The molecule has 0 saturated carbocycles. The van der Waals surface area contributed by atoms with Gasteiger partial charge in [-0.15, -0.1) is 0 Å². The largest absolute Gasteiger partial charge is 0.496 e. The predicted molar refractivity (Wildman–Crippen MR) is 109 cm³/mol. The molecule has 0 unspecified atom stereocenters. The molecular formula is C22H24N2O4. The second-order valence-electron chi connectivity index (χ2n) is 7.02. The van der Waals surface area contributed by atoms with Crippen molar-refractivity contribution in [3.05, 3.63) is 53.3 Å². The number of anilines is 1. The average Bonchev–Trinajstić information content (AvgIpc) is 3.04. The molecule has 0 bridgehead atoms. The van der Waals surface area contributed by atoms with Crippen LogP contribution < -0.4 is 19.1 Å². The van der Waals surface area contributed by atoms with Crippen molar-refractivity contribution < 1.29 is 19.0 Å². The highest BCUT2D eigenvalue weighted by Gasteiger charge is 2.32. The lowest BCUT2D eigenvalue weighted by molar-refractivity contribution is 0.101. The van der Waals surface area contributed by atoms with Crippen molar-refractivity contribution in [2.24, 2.45) is 0 Å². The normalized spacial score (nSPS) is 18.2. The van der Waals surface area contributed by atoms with Crippen LogP contribution in [0.25, 0.3) is 6.08 Å². The number of fused-ring (bicyclic) bond motifs is 1. The highest BCUT2D eigenvalue weighted by molar-refractivity contribution is 6.16. The Balaban J connectivity index is 1.55. The van der Waals surface area contributed by atoms with Gasteiger partial charge in [-0.1, -0.05) is 12.1 Å². The zero-order valence-corrected chi connectivity index (χ0v) is 16.4. The molecule has 146 valence electrons. The van der Waals surface area contributed by atoms with Gasteiger partial charge in [-0.2, -0.15) is 0 Å². The van der Waals surface area contributed by atoms with Crippen LogP contribution in [0.1, 0.15) is 15.9 Å². The van der Waals surface area contributed by atoms with Gasteiger partial charge in [0.05, 0.1) is 14.2 Å². The van der Waals surface area contributed by atoms with E-state index in [0.717, 1.165) is 31.7 Å². The maximum atomic E-state index is 12.8. The summed E-state index contributed by atoms with van der Waals surface area (Å²) in [5.74, 6) is 1.60. The van der Waals surface area contributed by atoms with Gasteiger partial charge in [0.25, 0.3) is 0 Å². The number of nitrogens with zero attached hydrogens (tertiary/aromatic N) is 2. The number of likely N-dealkylation sites (N-methyl/N-ethyl adjacent to an activating group) is 1. The third-order valence-electron chi connectivity index (χ3n) is 5.23. The van der Waals surface area contributed by atoms with Crippen LogP contribution in [-0.2, 0) is 0 Å². The third-order valence-corrected chi connectivity index (χ3v) is 5.23. The van der Waals surface area contributed by atoms with E-state index in [4.69, 9.17) is 14.2 Å². The van der Waals surface area contributed by atoms with Crippen LogP contribution in [0.2, 0.25) is 0 Å². The topological polar surface area (TPSA) is 51.2 Å². The summed E-state index contributed by atoms with van der Waals surface area (Å²) in [6, 6.07) is 11.6. The fourth-order valence-corrected chi connectivity index (χ4v) is 3.53. The van der Waals surface area contributed by atoms with Gasteiger partial charge >= 0.3 is 0 Å². The molecule has 0 amide bonds. The van der Waals surface area contributed by atoms with E-state index in [-0.39, 0.29) is 11.5 Å². The van der Waals surface area contributed by atoms with Gasteiger partial charge in [-0.05, 0) is 30.8 Å². The molecule has 1 fully saturated rings. The molecule has 0 radical (unpaired) electrons. The number of carbonyl (C=O) groups excluding carboxylic acids is 1. The van der Waals surface area contributed by atoms with Gasteiger partial charge in [-0.25, -0.2) is 0 Å². The molecule has 0 spiro atoms. The highest BCUT2D eigenvalue weighted by atomic mass is 16.5. The number of Topliss-reactive ketones (excluding diaryl/α,β-unsaturated/α-hetero) is 1. The quantitative estimate of drug-likeness (QED) is 0.760. The lowest BCUT2D eigenvalue weighted by atomic mass is 10.1. The molecular weight excluding hydrogens is 356 g/mol. The Hall–Kier alpha value is -2.99. The first-order valence-electron chi connectivity index (χ1n) is 9.33. The minimum atomic E-state index is -0.183. The smallest absolute Gasteiger partial charge is 0.235 e. The lowest BCUT2D eigenvalue weighted by Gasteiger charge is -2.34. The molecule has 2 aliphatic heterocycles. The van der Waals surface area contributed by atoms with Crippen molar-refractivity contribution in [3.63, 3.8) is 0 Å². The standard InChI is InChI=1S/C22H24N2O4/c1-23-8-10-24(11-9-23)16-6-4-15(5-7-16)12-20-22(25)21-18(27-3)13-17(26-2)14-19(21)28-20/h4-7,12-14H,8-11H2,1-3H3/b20-12-. The van der Waals surface area contributed by atoms with E-state index in [9.17, 15) is 4.79 Å². The molecule has 0 N–H and O–H groups in total. The van der Waals surface area contributed by atoms with Gasteiger partial charge in [-0.3, -0.25) is 4.79 Å². The molecule has 0 aliphatic carbocycles. The monoisotopic (exact) mass is 380 g/mol. The van der Waals surface area contributed by atoms with Crippen molar-refractivity contribution in [1.82, 2.24) is 4.90 Å². The summed E-state index contributed by atoms with van der Waals surface area (Å²) in [7, 11) is 5.24. The minimum absolute atomic E-state index is 0.183. The van der Waals surface area contributed by atoms with E-state index >= 15 is 0 Å². The lowest BCUT2D eigenvalue weighted by Crippen LogP contribution is -2.44. The molecule has 6 nitrogen and oxygen atoms in total. The third kappa shape index (κ3) is 3.43. The molecule has 1 saturated heterocycles. The maximum Gasteiger partial charge on any atom is 0.235 e. The molecule has 2 aromatic rings. The van der Waals surface area contributed by atoms with E-state index < -0.39 is 0 Å². The molecule has 4 rings (SSSR count). The number of allylic oxidation sites excluding steroid dienone is 1. The van der Waals surface area contributed by atoms with Gasteiger partial charge in [0, 0.05) is 44.0 Å². The van der Waals surface area contributed by atoms with E-state index in [0.29, 0.717) is 22.8 Å². The van der Waals surface area contributed by atoms with E-state index in [2.05, 4.69) is 29.0 Å². The number of benzene rings is 2. The minimum Gasteiger partial charge on any atom is -0.496 e. The fourth-order valence-electron chi connectivity index (χ4n) is 3.53. The first-order chi connectivity index (χ1) is 13.6. The molecule has 2 heterocycles. The van der Waals surface area contributed by atoms with Crippen LogP contribution in [-0.4, -0.2) is 58.1 Å². The van der Waals surface area contributed by atoms with Crippen LogP contribution in [0.15, 0.2) is 42.2 Å². The SMILES string of the molecule is COc1cc(OC)c2c(c1)O/C(=C\c1ccc(N3CCN(C)CC3)cc1)C2=O. The summed E-state index contributed by atoms with van der Waals surface area (Å²) < 4.78 is 16.4. The van der Waals surface area contributed by atoms with E-state index in [1.807, 2.05) is 12.1 Å². The number of piperazine rings is 1. The summed E-state index contributed by atoms with van der Waals surface area (Å²) >= 11 is 0. The first kappa shape index (κ1) is 18.4. The second-order valence-corrected chi connectivity index (χ2v) is 7.02. The van der Waals surface area contributed by atoms with Crippen molar-refractivity contribution in [1.29, 1.82) is 0 Å². The molecule has 2 aromatic carbocycles. The highest BCUT2D eigenvalue weighted by Crippen LogP contribution is 2.41. The van der Waals surface area contributed by atoms with Crippen LogP contribution in [0.5, 0.6) is 17.2 Å². The first-order valence-corrected chi connectivity index (χ1v) is 9.33. The van der Waals surface area contributed by atoms with Gasteiger partial charge < -0.3 is 24.0 Å². The van der Waals surface area contributed by atoms with Crippen molar-refractivity contribution in [3.8, 4) is 17.2 Å². The van der Waals surface area contributed by atoms with Crippen LogP contribution in [0.4, 0.5) is 5.69 Å². The molecule has 28 heavy (non-hydrogen) atoms. The van der Waals surface area contributed by atoms with Crippen molar-refractivity contribution in [2.75, 3.05) is 52.3 Å². The molecule has 6 heteroatoms. The van der Waals surface area contributed by atoms with Crippen molar-refractivity contribution >= 4 is 17.5 Å². The Morgan fingerprint density at radius 2 is 1.71 bits per heavy atom. The zero-order valence-electron chi connectivity index (χ0n) is 16.4. The fraction of sp³-hybridized carbons (Fsp3) is 0.318. The molecule has 0 aromatic heterocycles. The Bertz CT molecular complexity index is 913. The Labute approximate surface area is 164 Å². The number of carbonyl (C=O) groups is 1. The van der Waals surface area contributed by atoms with Crippen LogP contribution in [0, 0.1) is 0 Å². The van der Waals surface area contributed by atoms with Gasteiger partial charge in [0.2, 0.25) is 5.78 Å². The Kier molecular flexibility index (Phi) is 4.96. The number of ketones is 1. The summed E-state index contributed by atoms with van der Waals surface area (Å²) in [6.07, 6.45) is 1.77. The Morgan fingerprint density at radius 3 is 2.36 bits per heavy atom. The van der Waals surface area contributed by atoms with Crippen LogP contribution in [0.3, 0.4) is 0 Å². The number of hydrogen-bond acceptors (Lipinski definition) is 6. The second kappa shape index (κ2) is 7.56. The summed E-state index contributed by atoms with van der Waals surface area (Å²) in [6.45, 7) is 4.18. The number of ether oxygens (including phenoxy) is 3. The van der Waals surface area contributed by atoms with E-state index in [1.165, 1.54) is 12.8 Å². The molecule has 0 atom stereocenters. The van der Waals surface area contributed by atoms with Gasteiger partial charge in [0.1, 0.15) is 22.8 Å². The molecule has 2 aliphatic rings. The van der Waals surface area contributed by atoms with Gasteiger partial charge in [0.15, 0.2) is 5.76 Å². The predicted octanol–water partition coefficient (Wildman–Crippen LogP) is 3.07. The van der Waals surface area contributed by atoms with E-state index in [1.54, 1.807) is 25.3 Å².